The maximum Gasteiger partial charge on any atom is 0.313 e. The van der Waals surface area contributed by atoms with E-state index in [0.717, 1.165) is 12.0 Å². The molecule has 0 saturated carbocycles. The van der Waals surface area contributed by atoms with Crippen molar-refractivity contribution in [1.29, 1.82) is 0 Å². The predicted molar refractivity (Wildman–Crippen MR) is 84.3 cm³/mol. The van der Waals surface area contributed by atoms with Crippen molar-refractivity contribution >= 4 is 11.9 Å². The third-order valence-corrected chi connectivity index (χ3v) is 4.25. The Kier molecular flexibility index (Phi) is 4.76. The first-order chi connectivity index (χ1) is 11.2. The molecule has 122 valence electrons. The number of nitrogens with one attached hydrogen (secondary N) is 1. The average molecular weight is 315 g/mol. The molecule has 3 rings (SSSR count). The quantitative estimate of drug-likeness (QED) is 0.642. The van der Waals surface area contributed by atoms with Crippen molar-refractivity contribution < 1.29 is 19.1 Å². The van der Waals surface area contributed by atoms with Gasteiger partial charge >= 0.3 is 5.97 Å². The van der Waals surface area contributed by atoms with Gasteiger partial charge in [0.25, 0.3) is 0 Å². The first-order valence-electron chi connectivity index (χ1n) is 8.02. The Hall–Kier alpha value is -2.14. The number of rotatable bonds is 6. The molecule has 1 aromatic carbocycles. The number of amides is 1. The van der Waals surface area contributed by atoms with Gasteiger partial charge in [-0.05, 0) is 12.0 Å². The number of benzene rings is 1. The molecule has 5 heteroatoms. The lowest BCUT2D eigenvalue weighted by atomic mass is 9.82. The molecule has 1 fully saturated rings. The van der Waals surface area contributed by atoms with Gasteiger partial charge in [0.2, 0.25) is 5.91 Å². The van der Waals surface area contributed by atoms with Crippen molar-refractivity contribution in [3.8, 4) is 0 Å². The normalized spacial score (nSPS) is 27.9. The van der Waals surface area contributed by atoms with Crippen LogP contribution in [0, 0.1) is 11.8 Å². The van der Waals surface area contributed by atoms with Crippen molar-refractivity contribution in [2.75, 3.05) is 6.54 Å². The summed E-state index contributed by atoms with van der Waals surface area (Å²) < 4.78 is 11.1. The van der Waals surface area contributed by atoms with E-state index in [2.05, 4.69) is 5.32 Å². The summed E-state index contributed by atoms with van der Waals surface area (Å²) in [5.41, 5.74) is 0.924. The number of esters is 1. The standard InChI is InChI=1S/C18H21NO4/c1-2-10-19-17(20)15-13-8-9-14(23-13)16(15)18(21)22-11-12-6-4-3-5-7-12/h3-9,13-16H,2,10-11H2,1H3,(H,19,20)/t13-,14+,15?,16?/m0/s1. The molecule has 1 aromatic rings. The second kappa shape index (κ2) is 6.96. The third kappa shape index (κ3) is 3.29. The molecule has 0 spiro atoms. The van der Waals surface area contributed by atoms with E-state index in [1.807, 2.05) is 49.4 Å². The van der Waals surface area contributed by atoms with E-state index in [1.165, 1.54) is 0 Å². The predicted octanol–water partition coefficient (Wildman–Crippen LogP) is 1.83. The van der Waals surface area contributed by atoms with Gasteiger partial charge in [0.15, 0.2) is 0 Å². The fraction of sp³-hybridized carbons (Fsp3) is 0.444. The monoisotopic (exact) mass is 315 g/mol. The molecule has 1 N–H and O–H groups in total. The lowest BCUT2D eigenvalue weighted by molar-refractivity contribution is -0.154. The molecule has 4 atom stereocenters. The number of carbonyl (C=O) groups is 2. The summed E-state index contributed by atoms with van der Waals surface area (Å²) in [6.45, 7) is 2.80. The Bertz CT molecular complexity index is 598. The van der Waals surface area contributed by atoms with E-state index >= 15 is 0 Å². The molecule has 0 radical (unpaired) electrons. The second-order valence-corrected chi connectivity index (χ2v) is 5.89. The van der Waals surface area contributed by atoms with E-state index in [0.29, 0.717) is 6.54 Å². The molecule has 2 aliphatic heterocycles. The molecule has 0 aromatic heterocycles. The zero-order valence-electron chi connectivity index (χ0n) is 13.1. The highest BCUT2D eigenvalue weighted by Gasteiger charge is 2.53. The Morgan fingerprint density at radius 2 is 1.83 bits per heavy atom. The van der Waals surface area contributed by atoms with E-state index in [9.17, 15) is 9.59 Å². The van der Waals surface area contributed by atoms with Gasteiger partial charge in [-0.25, -0.2) is 0 Å². The van der Waals surface area contributed by atoms with E-state index in [-0.39, 0.29) is 30.7 Å². The summed E-state index contributed by atoms with van der Waals surface area (Å²) in [5.74, 6) is -1.57. The fourth-order valence-electron chi connectivity index (χ4n) is 3.09. The summed E-state index contributed by atoms with van der Waals surface area (Å²) in [4.78, 5) is 24.8. The number of carbonyl (C=O) groups excluding carboxylic acids is 2. The average Bonchev–Trinajstić information content (AvgIpc) is 3.19. The highest BCUT2D eigenvalue weighted by Crippen LogP contribution is 2.40. The number of hydrogen-bond acceptors (Lipinski definition) is 4. The third-order valence-electron chi connectivity index (χ3n) is 4.25. The Balaban J connectivity index is 1.65. The molecule has 5 nitrogen and oxygen atoms in total. The molecule has 2 unspecified atom stereocenters. The van der Waals surface area contributed by atoms with Crippen molar-refractivity contribution in [1.82, 2.24) is 5.32 Å². The largest absolute Gasteiger partial charge is 0.460 e. The van der Waals surface area contributed by atoms with Crippen LogP contribution in [0.3, 0.4) is 0 Å². The number of fused-ring (bicyclic) bond motifs is 2. The Morgan fingerprint density at radius 3 is 2.52 bits per heavy atom. The summed E-state index contributed by atoms with van der Waals surface area (Å²) in [6, 6.07) is 9.50. The fourth-order valence-corrected chi connectivity index (χ4v) is 3.09. The van der Waals surface area contributed by atoms with Crippen LogP contribution in [0.4, 0.5) is 0 Å². The molecule has 2 bridgehead atoms. The topological polar surface area (TPSA) is 64.6 Å². The summed E-state index contributed by atoms with van der Waals surface area (Å²) in [7, 11) is 0. The van der Waals surface area contributed by atoms with Crippen LogP contribution in [0.25, 0.3) is 0 Å². The first kappa shape index (κ1) is 15.7. The molecule has 2 heterocycles. The van der Waals surface area contributed by atoms with Crippen LogP contribution in [-0.2, 0) is 25.7 Å². The van der Waals surface area contributed by atoms with E-state index in [1.54, 1.807) is 0 Å². The maximum atomic E-state index is 12.5. The minimum absolute atomic E-state index is 0.134. The van der Waals surface area contributed by atoms with Gasteiger partial charge in [-0.2, -0.15) is 0 Å². The van der Waals surface area contributed by atoms with Crippen molar-refractivity contribution in [2.24, 2.45) is 11.8 Å². The zero-order chi connectivity index (χ0) is 16.2. The lowest BCUT2D eigenvalue weighted by Gasteiger charge is -2.22. The van der Waals surface area contributed by atoms with Crippen LogP contribution in [0.1, 0.15) is 18.9 Å². The van der Waals surface area contributed by atoms with Gasteiger partial charge in [-0.1, -0.05) is 49.4 Å². The van der Waals surface area contributed by atoms with Crippen LogP contribution in [0.2, 0.25) is 0 Å². The van der Waals surface area contributed by atoms with Gasteiger partial charge in [0.05, 0.1) is 18.1 Å². The van der Waals surface area contributed by atoms with E-state index in [4.69, 9.17) is 9.47 Å². The van der Waals surface area contributed by atoms with Crippen LogP contribution in [-0.4, -0.2) is 30.6 Å². The highest BCUT2D eigenvalue weighted by atomic mass is 16.5. The van der Waals surface area contributed by atoms with Gasteiger partial charge in [-0.15, -0.1) is 0 Å². The van der Waals surface area contributed by atoms with Gasteiger partial charge in [0, 0.05) is 6.54 Å². The van der Waals surface area contributed by atoms with Gasteiger partial charge in [0.1, 0.15) is 12.5 Å². The van der Waals surface area contributed by atoms with Crippen molar-refractivity contribution in [3.63, 3.8) is 0 Å². The first-order valence-corrected chi connectivity index (χ1v) is 8.02. The zero-order valence-corrected chi connectivity index (χ0v) is 13.1. The van der Waals surface area contributed by atoms with Crippen LogP contribution in [0.15, 0.2) is 42.5 Å². The second-order valence-electron chi connectivity index (χ2n) is 5.89. The lowest BCUT2D eigenvalue weighted by Crippen LogP contribution is -2.43. The molecule has 1 saturated heterocycles. The molecular formula is C18H21NO4. The minimum atomic E-state index is -0.564. The van der Waals surface area contributed by atoms with Crippen molar-refractivity contribution in [3.05, 3.63) is 48.0 Å². The molecule has 0 aliphatic carbocycles. The SMILES string of the molecule is CCCNC(=O)C1C(C(=O)OCc2ccccc2)[C@H]2C=C[C@@H]1O2. The summed E-state index contributed by atoms with van der Waals surface area (Å²) in [6.07, 6.45) is 3.88. The molecular weight excluding hydrogens is 294 g/mol. The minimum Gasteiger partial charge on any atom is -0.460 e. The van der Waals surface area contributed by atoms with Gasteiger partial charge in [-0.3, -0.25) is 9.59 Å². The van der Waals surface area contributed by atoms with Gasteiger partial charge < -0.3 is 14.8 Å². The van der Waals surface area contributed by atoms with E-state index < -0.39 is 11.8 Å². The summed E-state index contributed by atoms with van der Waals surface area (Å²) in [5, 5.41) is 2.86. The Morgan fingerprint density at radius 1 is 1.13 bits per heavy atom. The number of hydrogen-bond donors (Lipinski definition) is 1. The van der Waals surface area contributed by atoms with Crippen molar-refractivity contribution in [2.45, 2.75) is 32.2 Å². The smallest absolute Gasteiger partial charge is 0.313 e. The molecule has 1 amide bonds. The number of ether oxygens (including phenoxy) is 2. The highest BCUT2D eigenvalue weighted by molar-refractivity contribution is 5.88. The molecule has 23 heavy (non-hydrogen) atoms. The van der Waals surface area contributed by atoms with Crippen LogP contribution < -0.4 is 5.32 Å². The summed E-state index contributed by atoms with van der Waals surface area (Å²) >= 11 is 0. The van der Waals surface area contributed by atoms with Crippen LogP contribution in [0.5, 0.6) is 0 Å². The Labute approximate surface area is 135 Å². The maximum absolute atomic E-state index is 12.5. The molecule has 2 aliphatic rings. The van der Waals surface area contributed by atoms with Crippen LogP contribution >= 0.6 is 0 Å².